The second-order valence-electron chi connectivity index (χ2n) is 4.29. The summed E-state index contributed by atoms with van der Waals surface area (Å²) in [5.41, 5.74) is 1.84. The minimum absolute atomic E-state index is 0.196. The fourth-order valence-corrected chi connectivity index (χ4v) is 2.12. The molecule has 1 fully saturated rings. The molecule has 84 valence electrons. The van der Waals surface area contributed by atoms with E-state index in [1.54, 1.807) is 0 Å². The molecule has 0 amide bonds. The lowest BCUT2D eigenvalue weighted by atomic mass is 10.1. The van der Waals surface area contributed by atoms with E-state index in [0.29, 0.717) is 5.56 Å². The summed E-state index contributed by atoms with van der Waals surface area (Å²) in [6, 6.07) is 9.88. The number of hydrogen-bond donors (Lipinski definition) is 2. The Balaban J connectivity index is 1.87. The van der Waals surface area contributed by atoms with E-state index < -0.39 is 0 Å². The first-order valence-electron chi connectivity index (χ1n) is 5.70. The maximum atomic E-state index is 9.64. The number of aliphatic hydroxyl groups is 1. The number of nitrogens with one attached hydrogen (secondary N) is 1. The van der Waals surface area contributed by atoms with E-state index in [1.165, 1.54) is 0 Å². The predicted molar refractivity (Wildman–Crippen MR) is 61.6 cm³/mol. The number of hydrogen-bond acceptors (Lipinski definition) is 3. The summed E-state index contributed by atoms with van der Waals surface area (Å²) in [7, 11) is 0. The SMILES string of the molecule is N#Cc1ccc(CN[C@H]2CCC[C@@H]2O)cc1. The highest BCUT2D eigenvalue weighted by atomic mass is 16.3. The molecule has 0 spiro atoms. The van der Waals surface area contributed by atoms with Crippen LogP contribution >= 0.6 is 0 Å². The molecule has 2 rings (SSSR count). The van der Waals surface area contributed by atoms with Crippen LogP contribution in [0, 0.1) is 11.3 Å². The largest absolute Gasteiger partial charge is 0.392 e. The van der Waals surface area contributed by atoms with Gasteiger partial charge in [0.1, 0.15) is 0 Å². The van der Waals surface area contributed by atoms with Gasteiger partial charge in [-0.15, -0.1) is 0 Å². The molecule has 0 bridgehead atoms. The average Bonchev–Trinajstić information content (AvgIpc) is 2.73. The second kappa shape index (κ2) is 5.11. The summed E-state index contributed by atoms with van der Waals surface area (Å²) in [4.78, 5) is 0. The van der Waals surface area contributed by atoms with E-state index in [4.69, 9.17) is 5.26 Å². The molecular weight excluding hydrogens is 200 g/mol. The number of benzene rings is 1. The molecule has 2 N–H and O–H groups in total. The van der Waals surface area contributed by atoms with E-state index in [1.807, 2.05) is 24.3 Å². The van der Waals surface area contributed by atoms with E-state index in [2.05, 4.69) is 11.4 Å². The standard InChI is InChI=1S/C13H16N2O/c14-8-10-4-6-11(7-5-10)9-15-12-2-1-3-13(12)16/h4-7,12-13,15-16H,1-3,9H2/t12-,13-/m0/s1. The molecule has 0 aliphatic heterocycles. The number of aliphatic hydroxyl groups excluding tert-OH is 1. The van der Waals surface area contributed by atoms with Crippen molar-refractivity contribution in [3.63, 3.8) is 0 Å². The third-order valence-corrected chi connectivity index (χ3v) is 3.13. The highest BCUT2D eigenvalue weighted by Gasteiger charge is 2.24. The normalized spacial score (nSPS) is 24.2. The summed E-state index contributed by atoms with van der Waals surface area (Å²) in [6.45, 7) is 0.757. The molecule has 2 atom stereocenters. The Morgan fingerprint density at radius 2 is 2.06 bits per heavy atom. The summed E-state index contributed by atoms with van der Waals surface area (Å²) in [5.74, 6) is 0. The van der Waals surface area contributed by atoms with Crippen molar-refractivity contribution >= 4 is 0 Å². The maximum Gasteiger partial charge on any atom is 0.0991 e. The monoisotopic (exact) mass is 216 g/mol. The van der Waals surface area contributed by atoms with Crippen LogP contribution in [-0.4, -0.2) is 17.3 Å². The lowest BCUT2D eigenvalue weighted by Gasteiger charge is -2.16. The van der Waals surface area contributed by atoms with E-state index in [-0.39, 0.29) is 12.1 Å². The van der Waals surface area contributed by atoms with Crippen molar-refractivity contribution in [3.05, 3.63) is 35.4 Å². The van der Waals surface area contributed by atoms with Crippen molar-refractivity contribution in [1.29, 1.82) is 5.26 Å². The minimum atomic E-state index is -0.196. The topological polar surface area (TPSA) is 56.0 Å². The van der Waals surface area contributed by atoms with Crippen molar-refractivity contribution in [2.24, 2.45) is 0 Å². The second-order valence-corrected chi connectivity index (χ2v) is 4.29. The zero-order valence-corrected chi connectivity index (χ0v) is 9.19. The van der Waals surface area contributed by atoms with Crippen molar-refractivity contribution in [2.75, 3.05) is 0 Å². The van der Waals surface area contributed by atoms with Gasteiger partial charge in [-0.25, -0.2) is 0 Å². The summed E-state index contributed by atoms with van der Waals surface area (Å²) in [6.07, 6.45) is 2.87. The van der Waals surface area contributed by atoms with Gasteiger partial charge in [-0.2, -0.15) is 5.26 Å². The number of nitrogens with zero attached hydrogens (tertiary/aromatic N) is 1. The zero-order valence-electron chi connectivity index (χ0n) is 9.19. The fourth-order valence-electron chi connectivity index (χ4n) is 2.12. The Kier molecular flexibility index (Phi) is 3.55. The Morgan fingerprint density at radius 1 is 1.31 bits per heavy atom. The predicted octanol–water partition coefficient (Wildman–Crippen LogP) is 1.56. The van der Waals surface area contributed by atoms with Crippen LogP contribution in [0.3, 0.4) is 0 Å². The molecule has 1 aromatic rings. The Morgan fingerprint density at radius 3 is 2.62 bits per heavy atom. The zero-order chi connectivity index (χ0) is 11.4. The quantitative estimate of drug-likeness (QED) is 0.806. The van der Waals surface area contributed by atoms with Gasteiger partial charge in [0.25, 0.3) is 0 Å². The van der Waals surface area contributed by atoms with E-state index >= 15 is 0 Å². The fraction of sp³-hybridized carbons (Fsp3) is 0.462. The molecule has 1 aliphatic carbocycles. The molecule has 16 heavy (non-hydrogen) atoms. The molecule has 0 saturated heterocycles. The van der Waals surface area contributed by atoms with Crippen molar-refractivity contribution in [3.8, 4) is 6.07 Å². The van der Waals surface area contributed by atoms with Crippen LogP contribution in [0.1, 0.15) is 30.4 Å². The van der Waals surface area contributed by atoms with Gasteiger partial charge in [-0.3, -0.25) is 0 Å². The molecule has 1 saturated carbocycles. The van der Waals surface area contributed by atoms with E-state index in [0.717, 1.165) is 31.4 Å². The molecule has 0 radical (unpaired) electrons. The van der Waals surface area contributed by atoms with Gasteiger partial charge in [-0.1, -0.05) is 12.1 Å². The van der Waals surface area contributed by atoms with Crippen molar-refractivity contribution in [1.82, 2.24) is 5.32 Å². The Bertz CT molecular complexity index is 380. The Labute approximate surface area is 95.7 Å². The van der Waals surface area contributed by atoms with Gasteiger partial charge in [0, 0.05) is 12.6 Å². The molecule has 3 nitrogen and oxygen atoms in total. The molecule has 0 aromatic heterocycles. The number of nitriles is 1. The Hall–Kier alpha value is -1.37. The highest BCUT2D eigenvalue weighted by molar-refractivity contribution is 5.31. The first-order chi connectivity index (χ1) is 7.79. The van der Waals surface area contributed by atoms with Gasteiger partial charge < -0.3 is 10.4 Å². The lowest BCUT2D eigenvalue weighted by molar-refractivity contribution is 0.148. The van der Waals surface area contributed by atoms with Crippen LogP contribution in [0.5, 0.6) is 0 Å². The summed E-state index contributed by atoms with van der Waals surface area (Å²) >= 11 is 0. The van der Waals surface area contributed by atoms with E-state index in [9.17, 15) is 5.11 Å². The van der Waals surface area contributed by atoms with Gasteiger partial charge in [-0.05, 0) is 37.0 Å². The summed E-state index contributed by atoms with van der Waals surface area (Å²) in [5, 5.41) is 21.7. The van der Waals surface area contributed by atoms with Gasteiger partial charge in [0.15, 0.2) is 0 Å². The lowest BCUT2D eigenvalue weighted by Crippen LogP contribution is -2.34. The van der Waals surface area contributed by atoms with Crippen LogP contribution in [0.2, 0.25) is 0 Å². The summed E-state index contributed by atoms with van der Waals surface area (Å²) < 4.78 is 0. The molecule has 1 aromatic carbocycles. The van der Waals surface area contributed by atoms with Gasteiger partial charge >= 0.3 is 0 Å². The van der Waals surface area contributed by atoms with Gasteiger partial charge in [0.05, 0.1) is 17.7 Å². The molecule has 1 aliphatic rings. The van der Waals surface area contributed by atoms with Crippen LogP contribution in [0.4, 0.5) is 0 Å². The first-order valence-corrected chi connectivity index (χ1v) is 5.70. The third kappa shape index (κ3) is 2.60. The van der Waals surface area contributed by atoms with Crippen molar-refractivity contribution in [2.45, 2.75) is 38.0 Å². The van der Waals surface area contributed by atoms with Gasteiger partial charge in [0.2, 0.25) is 0 Å². The van der Waals surface area contributed by atoms with Crippen LogP contribution < -0.4 is 5.32 Å². The minimum Gasteiger partial charge on any atom is -0.392 e. The smallest absolute Gasteiger partial charge is 0.0991 e. The van der Waals surface area contributed by atoms with Crippen molar-refractivity contribution < 1.29 is 5.11 Å². The highest BCUT2D eigenvalue weighted by Crippen LogP contribution is 2.19. The third-order valence-electron chi connectivity index (χ3n) is 3.13. The molecule has 3 heteroatoms. The van der Waals surface area contributed by atoms with Crippen LogP contribution in [-0.2, 0) is 6.54 Å². The number of rotatable bonds is 3. The molecular formula is C13H16N2O. The van der Waals surface area contributed by atoms with Crippen LogP contribution in [0.25, 0.3) is 0 Å². The molecule has 0 unspecified atom stereocenters. The van der Waals surface area contributed by atoms with Crippen LogP contribution in [0.15, 0.2) is 24.3 Å². The first kappa shape index (κ1) is 11.1. The molecule has 0 heterocycles. The average molecular weight is 216 g/mol. The maximum absolute atomic E-state index is 9.64.